The highest BCUT2D eigenvalue weighted by Crippen LogP contribution is 2.57. The minimum absolute atomic E-state index is 0.487. The summed E-state index contributed by atoms with van der Waals surface area (Å²) in [7, 11) is 0. The van der Waals surface area contributed by atoms with E-state index in [4.69, 9.17) is 15.9 Å². The predicted molar refractivity (Wildman–Crippen MR) is 112 cm³/mol. The lowest BCUT2D eigenvalue weighted by atomic mass is 10.0. The maximum Gasteiger partial charge on any atom is 0.188 e. The third-order valence-corrected chi connectivity index (χ3v) is 6.14. The molecule has 0 radical (unpaired) electrons. The van der Waals surface area contributed by atoms with Crippen molar-refractivity contribution in [2.24, 2.45) is 10.9 Å². The number of nitrogen functional groups attached to an aromatic ring is 1. The number of alkyl halides is 1. The second kappa shape index (κ2) is 8.53. The van der Waals surface area contributed by atoms with Crippen LogP contribution in [0.1, 0.15) is 61.4 Å². The fourth-order valence-corrected chi connectivity index (χ4v) is 4.32. The van der Waals surface area contributed by atoms with Crippen molar-refractivity contribution >= 4 is 17.6 Å². The number of hydrogen-bond donors (Lipinski definition) is 3. The van der Waals surface area contributed by atoms with E-state index in [0.717, 1.165) is 35.4 Å². The summed E-state index contributed by atoms with van der Waals surface area (Å²) in [6, 6.07) is 0. The van der Waals surface area contributed by atoms with Crippen molar-refractivity contribution in [3.8, 4) is 0 Å². The van der Waals surface area contributed by atoms with Crippen LogP contribution >= 0.6 is 11.9 Å². The molecule has 6 N–H and O–H groups in total. The zero-order chi connectivity index (χ0) is 20.3. The SMILES string of the molecule is C=CN.CC(F)n1cc(SN)cn1.Nc1c2c(nc3c1CCC31CC1)CCC2. The smallest absolute Gasteiger partial charge is 0.188 e. The number of halogens is 1. The number of aryl methyl sites for hydroxylation is 1. The van der Waals surface area contributed by atoms with E-state index in [1.54, 1.807) is 6.20 Å². The molecule has 1 unspecified atom stereocenters. The molecule has 0 aromatic carbocycles. The predicted octanol–water partition coefficient (Wildman–Crippen LogP) is 3.56. The van der Waals surface area contributed by atoms with Crippen molar-refractivity contribution in [1.82, 2.24) is 14.8 Å². The molecule has 0 amide bonds. The zero-order valence-corrected chi connectivity index (χ0v) is 17.1. The van der Waals surface area contributed by atoms with E-state index in [0.29, 0.717) is 5.41 Å². The van der Waals surface area contributed by atoms with Gasteiger partial charge in [-0.15, -0.1) is 0 Å². The van der Waals surface area contributed by atoms with Crippen LogP contribution in [0.5, 0.6) is 0 Å². The van der Waals surface area contributed by atoms with E-state index < -0.39 is 6.30 Å². The Morgan fingerprint density at radius 2 is 2.00 bits per heavy atom. The topological polar surface area (TPSA) is 109 Å². The number of fused-ring (bicyclic) bond motifs is 3. The van der Waals surface area contributed by atoms with E-state index in [-0.39, 0.29) is 0 Å². The van der Waals surface area contributed by atoms with Crippen LogP contribution in [0.4, 0.5) is 10.1 Å². The minimum atomic E-state index is -1.08. The molecular weight excluding hydrogens is 375 g/mol. The first-order chi connectivity index (χ1) is 13.5. The Kier molecular flexibility index (Phi) is 6.30. The monoisotopic (exact) mass is 404 g/mol. The Labute approximate surface area is 169 Å². The van der Waals surface area contributed by atoms with Crippen LogP contribution in [0.2, 0.25) is 0 Å². The number of hydrogen-bond acceptors (Lipinski definition) is 6. The third kappa shape index (κ3) is 4.03. The summed E-state index contributed by atoms with van der Waals surface area (Å²) < 4.78 is 13.7. The van der Waals surface area contributed by atoms with Crippen molar-refractivity contribution in [2.45, 2.75) is 68.5 Å². The van der Waals surface area contributed by atoms with E-state index in [2.05, 4.69) is 17.4 Å². The van der Waals surface area contributed by atoms with Gasteiger partial charge in [-0.1, -0.05) is 6.58 Å². The molecule has 6 nitrogen and oxygen atoms in total. The van der Waals surface area contributed by atoms with E-state index in [1.807, 2.05) is 0 Å². The van der Waals surface area contributed by atoms with Crippen molar-refractivity contribution in [3.63, 3.8) is 0 Å². The first-order valence-electron chi connectivity index (χ1n) is 9.64. The Morgan fingerprint density at radius 3 is 2.54 bits per heavy atom. The summed E-state index contributed by atoms with van der Waals surface area (Å²) >= 11 is 1.06. The number of aromatic nitrogens is 3. The van der Waals surface area contributed by atoms with E-state index in [1.165, 1.54) is 78.6 Å². The quantitative estimate of drug-likeness (QED) is 0.661. The van der Waals surface area contributed by atoms with Gasteiger partial charge in [0.2, 0.25) is 0 Å². The molecule has 2 aromatic heterocycles. The fraction of sp³-hybridized carbons (Fsp3) is 0.500. The highest BCUT2D eigenvalue weighted by atomic mass is 32.2. The van der Waals surface area contributed by atoms with Crippen molar-refractivity contribution < 1.29 is 4.39 Å². The number of rotatable bonds is 2. The first kappa shape index (κ1) is 20.7. The second-order valence-corrected chi connectivity index (χ2v) is 8.20. The van der Waals surface area contributed by atoms with Crippen LogP contribution < -0.4 is 16.6 Å². The van der Waals surface area contributed by atoms with Crippen LogP contribution in [-0.2, 0) is 24.7 Å². The Balaban J connectivity index is 0.000000152. The van der Waals surface area contributed by atoms with Gasteiger partial charge in [0.1, 0.15) is 0 Å². The average Bonchev–Trinajstić information content (AvgIpc) is 3.06. The molecule has 1 saturated carbocycles. The molecule has 2 aromatic rings. The van der Waals surface area contributed by atoms with Crippen LogP contribution in [0, 0.1) is 0 Å². The summed E-state index contributed by atoms with van der Waals surface area (Å²) in [6.07, 6.45) is 12.0. The second-order valence-electron chi connectivity index (χ2n) is 7.50. The first-order valence-corrected chi connectivity index (χ1v) is 10.5. The van der Waals surface area contributed by atoms with Crippen LogP contribution in [0.15, 0.2) is 30.1 Å². The van der Waals surface area contributed by atoms with E-state index in [9.17, 15) is 4.39 Å². The maximum absolute atomic E-state index is 12.4. The highest BCUT2D eigenvalue weighted by molar-refractivity contribution is 7.97. The maximum atomic E-state index is 12.4. The number of pyridine rings is 1. The van der Waals surface area contributed by atoms with Gasteiger partial charge in [0.05, 0.1) is 16.8 Å². The van der Waals surface area contributed by atoms with Crippen LogP contribution in [-0.4, -0.2) is 14.8 Å². The minimum Gasteiger partial charge on any atom is -0.405 e. The van der Waals surface area contributed by atoms with E-state index >= 15 is 0 Å². The fourth-order valence-electron chi connectivity index (χ4n) is 4.04. The largest absolute Gasteiger partial charge is 0.405 e. The molecule has 1 atom stereocenters. The van der Waals surface area contributed by atoms with Gasteiger partial charge in [-0.05, 0) is 81.1 Å². The van der Waals surface area contributed by atoms with Gasteiger partial charge in [-0.3, -0.25) is 10.1 Å². The van der Waals surface area contributed by atoms with Crippen molar-refractivity contribution in [2.75, 3.05) is 5.73 Å². The summed E-state index contributed by atoms with van der Waals surface area (Å²) in [5.41, 5.74) is 18.0. The summed E-state index contributed by atoms with van der Waals surface area (Å²) in [6.45, 7) is 4.55. The zero-order valence-electron chi connectivity index (χ0n) is 16.3. The summed E-state index contributed by atoms with van der Waals surface area (Å²) in [4.78, 5) is 5.70. The highest BCUT2D eigenvalue weighted by Gasteiger charge is 2.51. The lowest BCUT2D eigenvalue weighted by Gasteiger charge is -2.12. The standard InChI is InChI=1S/C13H16N2.C5H8FN3S.C2H5N/c14-11-8-2-1-3-10(8)15-12-9(11)4-5-13(12)6-7-13;1-4(6)9-3-5(10-7)2-8-9;1-2-3/h1-7H2,(H2,14,15);2-4H,7H2,1H3;2H,1,3H2. The molecule has 0 bridgehead atoms. The molecular formula is C20H29FN6S. The van der Waals surface area contributed by atoms with Crippen molar-refractivity contribution in [1.29, 1.82) is 0 Å². The van der Waals surface area contributed by atoms with Gasteiger partial charge < -0.3 is 11.5 Å². The van der Waals surface area contributed by atoms with Crippen molar-refractivity contribution in [3.05, 3.63) is 47.7 Å². The molecule has 0 saturated heterocycles. The molecule has 5 rings (SSSR count). The van der Waals surface area contributed by atoms with Gasteiger partial charge in [0.15, 0.2) is 6.30 Å². The molecule has 1 fully saturated rings. The molecule has 152 valence electrons. The molecule has 8 heteroatoms. The summed E-state index contributed by atoms with van der Waals surface area (Å²) in [5, 5.41) is 8.93. The lowest BCUT2D eigenvalue weighted by molar-refractivity contribution is 0.245. The van der Waals surface area contributed by atoms with Gasteiger partial charge in [0.25, 0.3) is 0 Å². The Hall–Kier alpha value is -2.06. The molecule has 3 aliphatic rings. The molecule has 1 spiro atoms. The van der Waals surface area contributed by atoms with Crippen LogP contribution in [0.3, 0.4) is 0 Å². The van der Waals surface area contributed by atoms with Gasteiger partial charge in [0, 0.05) is 23.0 Å². The summed E-state index contributed by atoms with van der Waals surface area (Å²) in [5.74, 6) is 0. The number of anilines is 1. The number of nitrogens with two attached hydrogens (primary N) is 3. The van der Waals surface area contributed by atoms with Gasteiger partial charge in [-0.25, -0.2) is 9.07 Å². The Bertz CT molecular complexity index is 843. The normalized spacial score (nSPS) is 18.2. The molecule has 2 heterocycles. The van der Waals surface area contributed by atoms with Gasteiger partial charge in [-0.2, -0.15) is 5.10 Å². The van der Waals surface area contributed by atoms with Crippen LogP contribution in [0.25, 0.3) is 0 Å². The third-order valence-electron chi connectivity index (χ3n) is 5.66. The lowest BCUT2D eigenvalue weighted by Crippen LogP contribution is -2.08. The molecule has 3 aliphatic carbocycles. The molecule has 0 aliphatic heterocycles. The molecule has 28 heavy (non-hydrogen) atoms. The average molecular weight is 405 g/mol. The number of nitrogens with zero attached hydrogens (tertiary/aromatic N) is 3. The van der Waals surface area contributed by atoms with Gasteiger partial charge >= 0.3 is 0 Å². The Morgan fingerprint density at radius 1 is 1.29 bits per heavy atom.